The molecule has 1 saturated heterocycles. The average Bonchev–Trinajstić information content (AvgIpc) is 2.77. The lowest BCUT2D eigenvalue weighted by Crippen LogP contribution is -2.39. The highest BCUT2D eigenvalue weighted by molar-refractivity contribution is 5.76. The van der Waals surface area contributed by atoms with Gasteiger partial charge < -0.3 is 15.7 Å². The molecule has 1 rings (SSSR count). The standard InChI is InChI=1S/C15H30N2O2/c1-3-4-13(7-9-16)5-6-15(19)17-10-8-12(2)14(17)11-18/h12-14,18H,3-11,16H2,1-2H3. The summed E-state index contributed by atoms with van der Waals surface area (Å²) in [5.41, 5.74) is 5.62. The molecule has 0 saturated carbocycles. The van der Waals surface area contributed by atoms with Crippen LogP contribution < -0.4 is 5.73 Å². The molecule has 1 heterocycles. The molecule has 4 nitrogen and oxygen atoms in total. The number of hydrogen-bond acceptors (Lipinski definition) is 3. The van der Waals surface area contributed by atoms with E-state index in [4.69, 9.17) is 5.73 Å². The summed E-state index contributed by atoms with van der Waals surface area (Å²) in [5.74, 6) is 1.21. The number of nitrogens with zero attached hydrogens (tertiary/aromatic N) is 1. The molecule has 1 aliphatic heterocycles. The van der Waals surface area contributed by atoms with Crippen LogP contribution in [0.15, 0.2) is 0 Å². The normalized spacial score (nSPS) is 24.7. The van der Waals surface area contributed by atoms with Gasteiger partial charge in [0.05, 0.1) is 12.6 Å². The van der Waals surface area contributed by atoms with Gasteiger partial charge in [-0.3, -0.25) is 4.79 Å². The van der Waals surface area contributed by atoms with E-state index in [9.17, 15) is 9.90 Å². The number of hydrogen-bond donors (Lipinski definition) is 2. The Labute approximate surface area is 117 Å². The van der Waals surface area contributed by atoms with Crippen LogP contribution in [0, 0.1) is 11.8 Å². The van der Waals surface area contributed by atoms with Crippen molar-refractivity contribution in [3.63, 3.8) is 0 Å². The van der Waals surface area contributed by atoms with E-state index in [1.165, 1.54) is 0 Å². The van der Waals surface area contributed by atoms with E-state index in [1.54, 1.807) is 0 Å². The molecule has 0 radical (unpaired) electrons. The number of amides is 1. The van der Waals surface area contributed by atoms with Crippen LogP contribution in [0.5, 0.6) is 0 Å². The van der Waals surface area contributed by atoms with Crippen LogP contribution in [0.25, 0.3) is 0 Å². The van der Waals surface area contributed by atoms with Gasteiger partial charge >= 0.3 is 0 Å². The van der Waals surface area contributed by atoms with Crippen molar-refractivity contribution < 1.29 is 9.90 Å². The largest absolute Gasteiger partial charge is 0.394 e. The van der Waals surface area contributed by atoms with Gasteiger partial charge in [0, 0.05) is 13.0 Å². The van der Waals surface area contributed by atoms with E-state index in [0.29, 0.717) is 24.8 Å². The van der Waals surface area contributed by atoms with Gasteiger partial charge in [0.15, 0.2) is 0 Å². The second-order valence-electron chi connectivity index (χ2n) is 5.87. The third-order valence-electron chi connectivity index (χ3n) is 4.43. The first-order chi connectivity index (χ1) is 9.13. The zero-order chi connectivity index (χ0) is 14.3. The van der Waals surface area contributed by atoms with Crippen molar-refractivity contribution in [1.82, 2.24) is 4.90 Å². The molecule has 0 aromatic rings. The van der Waals surface area contributed by atoms with Crippen molar-refractivity contribution in [1.29, 1.82) is 0 Å². The lowest BCUT2D eigenvalue weighted by Gasteiger charge is -2.26. The quantitative estimate of drug-likeness (QED) is 0.706. The first kappa shape index (κ1) is 16.4. The molecule has 3 unspecified atom stereocenters. The molecule has 0 bridgehead atoms. The molecule has 19 heavy (non-hydrogen) atoms. The number of carbonyl (C=O) groups excluding carboxylic acids is 1. The zero-order valence-corrected chi connectivity index (χ0v) is 12.5. The van der Waals surface area contributed by atoms with Gasteiger partial charge in [0.1, 0.15) is 0 Å². The Balaban J connectivity index is 2.41. The summed E-state index contributed by atoms with van der Waals surface area (Å²) in [6.45, 7) is 5.89. The Kier molecular flexibility index (Phi) is 7.39. The highest BCUT2D eigenvalue weighted by Gasteiger charge is 2.33. The minimum Gasteiger partial charge on any atom is -0.394 e. The number of likely N-dealkylation sites (tertiary alicyclic amines) is 1. The first-order valence-corrected chi connectivity index (χ1v) is 7.74. The lowest BCUT2D eigenvalue weighted by atomic mass is 9.94. The van der Waals surface area contributed by atoms with Crippen LogP contribution in [-0.4, -0.2) is 41.7 Å². The van der Waals surface area contributed by atoms with Crippen LogP contribution in [0.4, 0.5) is 0 Å². The minimum absolute atomic E-state index is 0.0339. The maximum absolute atomic E-state index is 12.3. The van der Waals surface area contributed by atoms with Gasteiger partial charge in [-0.25, -0.2) is 0 Å². The van der Waals surface area contributed by atoms with Gasteiger partial charge in [-0.2, -0.15) is 0 Å². The van der Waals surface area contributed by atoms with Gasteiger partial charge in [0.2, 0.25) is 5.91 Å². The van der Waals surface area contributed by atoms with Gasteiger partial charge in [-0.05, 0) is 37.6 Å². The first-order valence-electron chi connectivity index (χ1n) is 7.74. The van der Waals surface area contributed by atoms with Crippen molar-refractivity contribution in [3.05, 3.63) is 0 Å². The second-order valence-corrected chi connectivity index (χ2v) is 5.87. The number of nitrogens with two attached hydrogens (primary N) is 1. The Hall–Kier alpha value is -0.610. The molecule has 1 fully saturated rings. The van der Waals surface area contributed by atoms with Crippen LogP contribution in [0.3, 0.4) is 0 Å². The van der Waals surface area contributed by atoms with Crippen molar-refractivity contribution in [2.45, 2.75) is 58.4 Å². The molecule has 4 heteroatoms. The van der Waals surface area contributed by atoms with Crippen LogP contribution in [-0.2, 0) is 4.79 Å². The van der Waals surface area contributed by atoms with Crippen molar-refractivity contribution in [2.24, 2.45) is 17.6 Å². The number of rotatable bonds is 8. The fraction of sp³-hybridized carbons (Fsp3) is 0.933. The Morgan fingerprint density at radius 3 is 2.74 bits per heavy atom. The second kappa shape index (κ2) is 8.54. The molecule has 0 spiro atoms. The van der Waals surface area contributed by atoms with E-state index < -0.39 is 0 Å². The van der Waals surface area contributed by atoms with Crippen molar-refractivity contribution >= 4 is 5.91 Å². The number of carbonyl (C=O) groups is 1. The van der Waals surface area contributed by atoms with Crippen molar-refractivity contribution in [2.75, 3.05) is 19.7 Å². The fourth-order valence-corrected chi connectivity index (χ4v) is 3.14. The smallest absolute Gasteiger partial charge is 0.222 e. The van der Waals surface area contributed by atoms with E-state index in [2.05, 4.69) is 13.8 Å². The highest BCUT2D eigenvalue weighted by Crippen LogP contribution is 2.25. The molecule has 1 aliphatic rings. The molecule has 0 aliphatic carbocycles. The molecule has 112 valence electrons. The van der Waals surface area contributed by atoms with Crippen LogP contribution >= 0.6 is 0 Å². The van der Waals surface area contributed by atoms with Gasteiger partial charge in [-0.1, -0.05) is 26.7 Å². The molecular weight excluding hydrogens is 240 g/mol. The van der Waals surface area contributed by atoms with Crippen molar-refractivity contribution in [3.8, 4) is 0 Å². The summed E-state index contributed by atoms with van der Waals surface area (Å²) in [5, 5.41) is 9.39. The molecule has 3 atom stereocenters. The summed E-state index contributed by atoms with van der Waals surface area (Å²) in [4.78, 5) is 14.1. The fourth-order valence-electron chi connectivity index (χ4n) is 3.14. The summed E-state index contributed by atoms with van der Waals surface area (Å²) >= 11 is 0. The molecule has 0 aromatic carbocycles. The summed E-state index contributed by atoms with van der Waals surface area (Å²) in [7, 11) is 0. The number of aliphatic hydroxyl groups is 1. The zero-order valence-electron chi connectivity index (χ0n) is 12.5. The predicted octanol–water partition coefficient (Wildman–Crippen LogP) is 1.76. The van der Waals surface area contributed by atoms with Gasteiger partial charge in [-0.15, -0.1) is 0 Å². The molecule has 0 aromatic heterocycles. The maximum atomic E-state index is 12.3. The Bertz CT molecular complexity index is 265. The Morgan fingerprint density at radius 2 is 2.16 bits per heavy atom. The third kappa shape index (κ3) is 4.77. The predicted molar refractivity (Wildman–Crippen MR) is 77.7 cm³/mol. The van der Waals surface area contributed by atoms with Gasteiger partial charge in [0.25, 0.3) is 0 Å². The van der Waals surface area contributed by atoms with Crippen LogP contribution in [0.1, 0.15) is 52.4 Å². The highest BCUT2D eigenvalue weighted by atomic mass is 16.3. The SMILES string of the molecule is CCCC(CCN)CCC(=O)N1CCC(C)C1CO. The van der Waals surface area contributed by atoms with E-state index in [-0.39, 0.29) is 18.6 Å². The lowest BCUT2D eigenvalue weighted by molar-refractivity contribution is -0.133. The third-order valence-corrected chi connectivity index (χ3v) is 4.43. The minimum atomic E-state index is 0.0339. The summed E-state index contributed by atoms with van der Waals surface area (Å²) < 4.78 is 0. The Morgan fingerprint density at radius 1 is 1.42 bits per heavy atom. The number of aliphatic hydroxyl groups excluding tert-OH is 1. The topological polar surface area (TPSA) is 66.6 Å². The monoisotopic (exact) mass is 270 g/mol. The van der Waals surface area contributed by atoms with Crippen LogP contribution in [0.2, 0.25) is 0 Å². The van der Waals surface area contributed by atoms with E-state index in [0.717, 1.165) is 38.6 Å². The van der Waals surface area contributed by atoms with E-state index in [1.807, 2.05) is 4.90 Å². The maximum Gasteiger partial charge on any atom is 0.222 e. The summed E-state index contributed by atoms with van der Waals surface area (Å²) in [6.07, 6.45) is 5.88. The molecule has 1 amide bonds. The molecular formula is C15H30N2O2. The molecule has 3 N–H and O–H groups in total. The summed E-state index contributed by atoms with van der Waals surface area (Å²) in [6, 6.07) is 0.0339. The average molecular weight is 270 g/mol. The van der Waals surface area contributed by atoms with E-state index >= 15 is 0 Å².